The van der Waals surface area contributed by atoms with Crippen LogP contribution in [0.5, 0.6) is 0 Å². The Morgan fingerprint density at radius 3 is 3.16 bits per heavy atom. The molecule has 1 fully saturated rings. The number of nitrogens with zero attached hydrogens (tertiary/aromatic N) is 2. The number of halogens is 1. The third kappa shape index (κ3) is 3.59. The molecule has 4 nitrogen and oxygen atoms in total. The van der Waals surface area contributed by atoms with Gasteiger partial charge in [-0.05, 0) is 25.2 Å². The summed E-state index contributed by atoms with van der Waals surface area (Å²) in [6, 6.07) is 1.27. The van der Waals surface area contributed by atoms with Crippen LogP contribution in [0.4, 0.5) is 10.2 Å². The standard InChI is InChI=1S/C13H18FN3OS/c1-2-15-12-11(8-10(14)9-16-12)13(18)17-4-3-6-19-7-5-17/h8-9H,2-7H2,1H3,(H,15,16). The molecule has 1 aromatic heterocycles. The molecule has 1 N–H and O–H groups in total. The molecule has 1 aliphatic heterocycles. The lowest BCUT2D eigenvalue weighted by atomic mass is 10.2. The topological polar surface area (TPSA) is 45.2 Å². The minimum absolute atomic E-state index is 0.134. The number of thioether (sulfide) groups is 1. The quantitative estimate of drug-likeness (QED) is 0.924. The first kappa shape index (κ1) is 14.1. The van der Waals surface area contributed by atoms with Crippen molar-refractivity contribution >= 4 is 23.5 Å². The van der Waals surface area contributed by atoms with Gasteiger partial charge in [-0.25, -0.2) is 9.37 Å². The molecule has 1 aliphatic rings. The monoisotopic (exact) mass is 283 g/mol. The number of rotatable bonds is 3. The number of carbonyl (C=O) groups excluding carboxylic acids is 1. The molecule has 2 heterocycles. The second-order valence-corrected chi connectivity index (χ2v) is 5.56. The van der Waals surface area contributed by atoms with E-state index in [4.69, 9.17) is 0 Å². The number of anilines is 1. The third-order valence-corrected chi connectivity index (χ3v) is 3.99. The number of hydrogen-bond acceptors (Lipinski definition) is 4. The van der Waals surface area contributed by atoms with Crippen molar-refractivity contribution in [3.63, 3.8) is 0 Å². The van der Waals surface area contributed by atoms with Gasteiger partial charge in [0.25, 0.3) is 5.91 Å². The van der Waals surface area contributed by atoms with Gasteiger partial charge in [0.1, 0.15) is 11.6 Å². The van der Waals surface area contributed by atoms with Gasteiger partial charge in [-0.2, -0.15) is 11.8 Å². The van der Waals surface area contributed by atoms with Gasteiger partial charge in [-0.15, -0.1) is 0 Å². The van der Waals surface area contributed by atoms with Crippen LogP contribution in [0.25, 0.3) is 0 Å². The molecule has 0 bridgehead atoms. The number of hydrogen-bond donors (Lipinski definition) is 1. The molecule has 0 aromatic carbocycles. The summed E-state index contributed by atoms with van der Waals surface area (Å²) in [5.41, 5.74) is 0.328. The molecule has 0 atom stereocenters. The molecular formula is C13H18FN3OS. The van der Waals surface area contributed by atoms with Crippen molar-refractivity contribution in [3.05, 3.63) is 23.6 Å². The summed E-state index contributed by atoms with van der Waals surface area (Å²) in [6.07, 6.45) is 2.11. The van der Waals surface area contributed by atoms with Gasteiger partial charge in [0.15, 0.2) is 0 Å². The Balaban J connectivity index is 2.23. The van der Waals surface area contributed by atoms with Crippen LogP contribution in [0, 0.1) is 5.82 Å². The van der Waals surface area contributed by atoms with Crippen LogP contribution in [-0.2, 0) is 0 Å². The second-order valence-electron chi connectivity index (χ2n) is 4.34. The lowest BCUT2D eigenvalue weighted by Crippen LogP contribution is -2.33. The van der Waals surface area contributed by atoms with Crippen LogP contribution in [0.15, 0.2) is 12.3 Å². The highest BCUT2D eigenvalue weighted by Crippen LogP contribution is 2.18. The number of aromatic nitrogens is 1. The van der Waals surface area contributed by atoms with E-state index in [1.807, 2.05) is 18.7 Å². The summed E-state index contributed by atoms with van der Waals surface area (Å²) in [6.45, 7) is 4.01. The van der Waals surface area contributed by atoms with Crippen molar-refractivity contribution in [1.29, 1.82) is 0 Å². The summed E-state index contributed by atoms with van der Waals surface area (Å²) < 4.78 is 13.3. The molecule has 2 rings (SSSR count). The van der Waals surface area contributed by atoms with Crippen LogP contribution < -0.4 is 5.32 Å². The number of amides is 1. The molecule has 1 aromatic rings. The molecule has 0 unspecified atom stereocenters. The van der Waals surface area contributed by atoms with Gasteiger partial charge < -0.3 is 10.2 Å². The first-order chi connectivity index (χ1) is 9.22. The van der Waals surface area contributed by atoms with Gasteiger partial charge in [-0.1, -0.05) is 0 Å². The molecule has 1 amide bonds. The summed E-state index contributed by atoms with van der Waals surface area (Å²) in [7, 11) is 0. The minimum atomic E-state index is -0.478. The molecule has 6 heteroatoms. The fourth-order valence-corrected chi connectivity index (χ4v) is 2.92. The third-order valence-electron chi connectivity index (χ3n) is 2.94. The highest BCUT2D eigenvalue weighted by molar-refractivity contribution is 7.99. The Labute approximate surface area is 116 Å². The number of pyridine rings is 1. The van der Waals surface area contributed by atoms with E-state index in [-0.39, 0.29) is 5.91 Å². The lowest BCUT2D eigenvalue weighted by Gasteiger charge is -2.21. The molecule has 19 heavy (non-hydrogen) atoms. The maximum Gasteiger partial charge on any atom is 0.257 e. The first-order valence-electron chi connectivity index (χ1n) is 6.49. The van der Waals surface area contributed by atoms with E-state index in [9.17, 15) is 9.18 Å². The SMILES string of the molecule is CCNc1ncc(F)cc1C(=O)N1CCCSCC1. The lowest BCUT2D eigenvalue weighted by molar-refractivity contribution is 0.0768. The van der Waals surface area contributed by atoms with E-state index < -0.39 is 5.82 Å². The van der Waals surface area contributed by atoms with Crippen LogP contribution in [-0.4, -0.2) is 46.9 Å². The average Bonchev–Trinajstić information content (AvgIpc) is 2.69. The van der Waals surface area contributed by atoms with Crippen molar-refractivity contribution in [2.45, 2.75) is 13.3 Å². The van der Waals surface area contributed by atoms with E-state index in [0.717, 1.165) is 30.7 Å². The van der Waals surface area contributed by atoms with Crippen LogP contribution in [0.3, 0.4) is 0 Å². The smallest absolute Gasteiger partial charge is 0.257 e. The number of nitrogens with one attached hydrogen (secondary N) is 1. The van der Waals surface area contributed by atoms with Crippen LogP contribution >= 0.6 is 11.8 Å². The number of carbonyl (C=O) groups is 1. The van der Waals surface area contributed by atoms with Crippen molar-refractivity contribution in [2.75, 3.05) is 36.5 Å². The van der Waals surface area contributed by atoms with Gasteiger partial charge >= 0.3 is 0 Å². The minimum Gasteiger partial charge on any atom is -0.370 e. The zero-order chi connectivity index (χ0) is 13.7. The van der Waals surface area contributed by atoms with Gasteiger partial charge in [0, 0.05) is 25.4 Å². The molecule has 0 radical (unpaired) electrons. The normalized spacial score (nSPS) is 16.0. The predicted molar refractivity (Wildman–Crippen MR) is 76.2 cm³/mol. The fraction of sp³-hybridized carbons (Fsp3) is 0.538. The van der Waals surface area contributed by atoms with E-state index in [1.54, 1.807) is 4.90 Å². The Kier molecular flexibility index (Phi) is 5.01. The summed E-state index contributed by atoms with van der Waals surface area (Å²) in [5, 5.41) is 3.01. The summed E-state index contributed by atoms with van der Waals surface area (Å²) in [4.78, 5) is 18.2. The van der Waals surface area contributed by atoms with Gasteiger partial charge in [0.2, 0.25) is 0 Å². The van der Waals surface area contributed by atoms with Crippen LogP contribution in [0.2, 0.25) is 0 Å². The summed E-state index contributed by atoms with van der Waals surface area (Å²) >= 11 is 1.85. The molecule has 0 spiro atoms. The first-order valence-corrected chi connectivity index (χ1v) is 7.64. The predicted octanol–water partition coefficient (Wildman–Crippen LogP) is 2.23. The van der Waals surface area contributed by atoms with Crippen molar-refractivity contribution in [3.8, 4) is 0 Å². The zero-order valence-corrected chi connectivity index (χ0v) is 11.8. The van der Waals surface area contributed by atoms with E-state index in [0.29, 0.717) is 24.5 Å². The molecule has 0 aliphatic carbocycles. The molecular weight excluding hydrogens is 265 g/mol. The van der Waals surface area contributed by atoms with Crippen molar-refractivity contribution in [2.24, 2.45) is 0 Å². The van der Waals surface area contributed by atoms with E-state index in [1.165, 1.54) is 6.07 Å². The average molecular weight is 283 g/mol. The molecule has 104 valence electrons. The maximum absolute atomic E-state index is 13.3. The summed E-state index contributed by atoms with van der Waals surface area (Å²) in [5.74, 6) is 1.86. The Morgan fingerprint density at radius 2 is 2.37 bits per heavy atom. The largest absolute Gasteiger partial charge is 0.370 e. The van der Waals surface area contributed by atoms with Crippen molar-refractivity contribution in [1.82, 2.24) is 9.88 Å². The van der Waals surface area contributed by atoms with E-state index >= 15 is 0 Å². The Bertz CT molecular complexity index is 448. The molecule has 1 saturated heterocycles. The highest BCUT2D eigenvalue weighted by Gasteiger charge is 2.21. The zero-order valence-electron chi connectivity index (χ0n) is 11.0. The molecule has 0 saturated carbocycles. The highest BCUT2D eigenvalue weighted by atomic mass is 32.2. The van der Waals surface area contributed by atoms with Gasteiger partial charge in [-0.3, -0.25) is 4.79 Å². The maximum atomic E-state index is 13.3. The second kappa shape index (κ2) is 6.75. The Morgan fingerprint density at radius 1 is 1.53 bits per heavy atom. The van der Waals surface area contributed by atoms with Crippen molar-refractivity contribution < 1.29 is 9.18 Å². The van der Waals surface area contributed by atoms with Gasteiger partial charge in [0.05, 0.1) is 11.8 Å². The Hall–Kier alpha value is -1.30. The van der Waals surface area contributed by atoms with Crippen LogP contribution in [0.1, 0.15) is 23.7 Å². The van der Waals surface area contributed by atoms with E-state index in [2.05, 4.69) is 10.3 Å². The fourth-order valence-electron chi connectivity index (χ4n) is 2.03.